The Bertz CT molecular complexity index is 758. The first-order valence-electron chi connectivity index (χ1n) is 10.7. The SMILES string of the molecule is COCc1ccc2c(c1)[C@]13CCN(CC4CCC4)[C@H](C2)[C@]1(O)CCCC3=O. The molecule has 27 heavy (non-hydrogen) atoms. The van der Waals surface area contributed by atoms with Gasteiger partial charge in [-0.3, -0.25) is 9.69 Å². The molecule has 2 saturated carbocycles. The van der Waals surface area contributed by atoms with Gasteiger partial charge in [-0.1, -0.05) is 24.6 Å². The summed E-state index contributed by atoms with van der Waals surface area (Å²) >= 11 is 0. The number of fused-ring (bicyclic) bond motifs is 1. The highest BCUT2D eigenvalue weighted by Gasteiger charge is 2.67. The van der Waals surface area contributed by atoms with Gasteiger partial charge in [-0.05, 0) is 67.7 Å². The van der Waals surface area contributed by atoms with Crippen molar-refractivity contribution in [3.63, 3.8) is 0 Å². The maximum atomic E-state index is 13.4. The Balaban J connectivity index is 1.61. The van der Waals surface area contributed by atoms with E-state index in [9.17, 15) is 9.90 Å². The van der Waals surface area contributed by atoms with Crippen LogP contribution in [0.25, 0.3) is 0 Å². The van der Waals surface area contributed by atoms with Crippen LogP contribution in [0.15, 0.2) is 18.2 Å². The van der Waals surface area contributed by atoms with Gasteiger partial charge < -0.3 is 9.84 Å². The number of aliphatic hydroxyl groups is 1. The van der Waals surface area contributed by atoms with E-state index in [1.807, 2.05) is 0 Å². The fourth-order valence-corrected chi connectivity index (χ4v) is 6.47. The van der Waals surface area contributed by atoms with Crippen LogP contribution in [0.2, 0.25) is 0 Å². The number of ketones is 1. The Morgan fingerprint density at radius 1 is 1.26 bits per heavy atom. The molecule has 3 atom stereocenters. The first-order valence-corrected chi connectivity index (χ1v) is 10.7. The number of Topliss-reactive ketones (excluding diaryl/α,β-unsaturated/α-hetero) is 1. The molecule has 0 aromatic heterocycles. The van der Waals surface area contributed by atoms with Crippen molar-refractivity contribution in [3.8, 4) is 0 Å². The van der Waals surface area contributed by atoms with E-state index in [4.69, 9.17) is 4.74 Å². The van der Waals surface area contributed by atoms with Crippen molar-refractivity contribution in [1.29, 1.82) is 0 Å². The Morgan fingerprint density at radius 3 is 2.85 bits per heavy atom. The van der Waals surface area contributed by atoms with Gasteiger partial charge in [0.25, 0.3) is 0 Å². The van der Waals surface area contributed by atoms with Gasteiger partial charge in [-0.25, -0.2) is 0 Å². The van der Waals surface area contributed by atoms with Gasteiger partial charge in [0.15, 0.2) is 0 Å². The lowest BCUT2D eigenvalue weighted by molar-refractivity contribution is -0.178. The van der Waals surface area contributed by atoms with E-state index in [-0.39, 0.29) is 11.8 Å². The van der Waals surface area contributed by atoms with Crippen LogP contribution >= 0.6 is 0 Å². The summed E-state index contributed by atoms with van der Waals surface area (Å²) < 4.78 is 5.33. The molecule has 0 amide bonds. The van der Waals surface area contributed by atoms with E-state index in [2.05, 4.69) is 23.1 Å². The number of nitrogens with zero attached hydrogens (tertiary/aromatic N) is 1. The predicted octanol–water partition coefficient (Wildman–Crippen LogP) is 2.99. The molecule has 3 aliphatic carbocycles. The van der Waals surface area contributed by atoms with Crippen molar-refractivity contribution >= 4 is 5.78 Å². The molecule has 1 heterocycles. The van der Waals surface area contributed by atoms with E-state index in [1.165, 1.54) is 24.8 Å². The maximum absolute atomic E-state index is 13.4. The van der Waals surface area contributed by atoms with Crippen molar-refractivity contribution in [3.05, 3.63) is 34.9 Å². The number of rotatable bonds is 4. The second-order valence-electron chi connectivity index (χ2n) is 9.29. The highest BCUT2D eigenvalue weighted by atomic mass is 16.5. The molecule has 1 aromatic rings. The van der Waals surface area contributed by atoms with Crippen LogP contribution in [0.3, 0.4) is 0 Å². The molecule has 1 N–H and O–H groups in total. The summed E-state index contributed by atoms with van der Waals surface area (Å²) in [6.07, 6.45) is 7.78. The fourth-order valence-electron chi connectivity index (χ4n) is 6.47. The molecule has 5 rings (SSSR count). The molecule has 4 nitrogen and oxygen atoms in total. The van der Waals surface area contributed by atoms with Crippen molar-refractivity contribution in [1.82, 2.24) is 4.90 Å². The molecule has 1 saturated heterocycles. The summed E-state index contributed by atoms with van der Waals surface area (Å²) in [5.74, 6) is 1.05. The highest BCUT2D eigenvalue weighted by molar-refractivity contribution is 5.94. The molecular weight excluding hydrogens is 338 g/mol. The first kappa shape index (κ1) is 17.8. The number of likely N-dealkylation sites (tertiary alicyclic amines) is 1. The molecule has 1 aromatic carbocycles. The van der Waals surface area contributed by atoms with Crippen LogP contribution in [0, 0.1) is 5.92 Å². The molecular formula is C23H31NO3. The lowest BCUT2D eigenvalue weighted by Gasteiger charge is -2.63. The van der Waals surface area contributed by atoms with E-state index < -0.39 is 11.0 Å². The summed E-state index contributed by atoms with van der Waals surface area (Å²) in [5, 5.41) is 12.1. The largest absolute Gasteiger partial charge is 0.387 e. The predicted molar refractivity (Wildman–Crippen MR) is 104 cm³/mol. The topological polar surface area (TPSA) is 49.8 Å². The summed E-state index contributed by atoms with van der Waals surface area (Å²) in [4.78, 5) is 15.9. The standard InChI is InChI=1S/C23H31NO3/c1-27-15-17-7-8-18-13-20-23(26)9-3-6-21(25)22(23,19(18)12-17)10-11-24(20)14-16-4-2-5-16/h7-8,12,16,20,26H,2-6,9-11,13-15H2,1H3/t20-,22+,23-/m1/s1. The van der Waals surface area contributed by atoms with Crippen LogP contribution in [-0.4, -0.2) is 47.6 Å². The minimum absolute atomic E-state index is 0.0804. The molecule has 2 bridgehead atoms. The van der Waals surface area contributed by atoms with E-state index in [0.29, 0.717) is 13.0 Å². The van der Waals surface area contributed by atoms with Crippen molar-refractivity contribution in [2.24, 2.45) is 5.92 Å². The molecule has 0 radical (unpaired) electrons. The zero-order chi connectivity index (χ0) is 18.6. The number of methoxy groups -OCH3 is 1. The first-order chi connectivity index (χ1) is 13.1. The third-order valence-electron chi connectivity index (χ3n) is 8.02. The molecule has 146 valence electrons. The number of hydrogen-bond acceptors (Lipinski definition) is 4. The summed E-state index contributed by atoms with van der Waals surface area (Å²) in [7, 11) is 1.70. The monoisotopic (exact) mass is 369 g/mol. The Hall–Kier alpha value is -1.23. The molecule has 0 spiro atoms. The minimum atomic E-state index is -0.914. The van der Waals surface area contributed by atoms with E-state index >= 15 is 0 Å². The van der Waals surface area contributed by atoms with Gasteiger partial charge in [-0.15, -0.1) is 0 Å². The minimum Gasteiger partial charge on any atom is -0.387 e. The normalized spacial score (nSPS) is 36.1. The highest BCUT2D eigenvalue weighted by Crippen LogP contribution is 2.57. The number of benzene rings is 1. The van der Waals surface area contributed by atoms with Gasteiger partial charge in [0.05, 0.1) is 17.6 Å². The second-order valence-corrected chi connectivity index (χ2v) is 9.29. The zero-order valence-electron chi connectivity index (χ0n) is 16.4. The zero-order valence-corrected chi connectivity index (χ0v) is 16.4. The summed E-state index contributed by atoms with van der Waals surface area (Å²) in [5.41, 5.74) is 1.84. The quantitative estimate of drug-likeness (QED) is 0.886. The smallest absolute Gasteiger partial charge is 0.146 e. The van der Waals surface area contributed by atoms with Gasteiger partial charge in [0.2, 0.25) is 0 Å². The van der Waals surface area contributed by atoms with Crippen LogP contribution in [0.1, 0.15) is 61.6 Å². The lowest BCUT2D eigenvalue weighted by Crippen LogP contribution is -2.75. The molecule has 0 unspecified atom stereocenters. The molecule has 4 aliphatic rings. The average molecular weight is 370 g/mol. The molecule has 3 fully saturated rings. The summed E-state index contributed by atoms with van der Waals surface area (Å²) in [6, 6.07) is 6.55. The average Bonchev–Trinajstić information content (AvgIpc) is 2.60. The van der Waals surface area contributed by atoms with Crippen molar-refractivity contribution in [2.45, 2.75) is 75.0 Å². The lowest BCUT2D eigenvalue weighted by atomic mass is 9.49. The number of ether oxygens (including phenoxy) is 1. The van der Waals surface area contributed by atoms with Crippen LogP contribution in [0.5, 0.6) is 0 Å². The Labute approximate surface area is 161 Å². The Morgan fingerprint density at radius 2 is 2.11 bits per heavy atom. The molecule has 4 heteroatoms. The van der Waals surface area contributed by atoms with Gasteiger partial charge in [-0.2, -0.15) is 0 Å². The number of hydrogen-bond donors (Lipinski definition) is 1. The third-order valence-corrected chi connectivity index (χ3v) is 8.02. The van der Waals surface area contributed by atoms with Crippen molar-refractivity contribution < 1.29 is 14.6 Å². The maximum Gasteiger partial charge on any atom is 0.146 e. The third kappa shape index (κ3) is 2.43. The Kier molecular flexibility index (Phi) is 4.23. The van der Waals surface area contributed by atoms with E-state index in [1.54, 1.807) is 7.11 Å². The van der Waals surface area contributed by atoms with Crippen molar-refractivity contribution in [2.75, 3.05) is 20.2 Å². The van der Waals surface area contributed by atoms with Crippen LogP contribution in [-0.2, 0) is 28.0 Å². The number of carbonyl (C=O) groups excluding carboxylic acids is 1. The van der Waals surface area contributed by atoms with Gasteiger partial charge >= 0.3 is 0 Å². The molecule has 1 aliphatic heterocycles. The van der Waals surface area contributed by atoms with Gasteiger partial charge in [0.1, 0.15) is 5.78 Å². The fraction of sp³-hybridized carbons (Fsp3) is 0.696. The number of carbonyl (C=O) groups is 1. The summed E-state index contributed by atoms with van der Waals surface area (Å²) in [6.45, 7) is 2.57. The van der Waals surface area contributed by atoms with Crippen LogP contribution < -0.4 is 0 Å². The van der Waals surface area contributed by atoms with Gasteiger partial charge in [0, 0.05) is 26.1 Å². The van der Waals surface area contributed by atoms with E-state index in [0.717, 1.165) is 55.8 Å². The van der Waals surface area contributed by atoms with Crippen LogP contribution in [0.4, 0.5) is 0 Å². The number of piperidine rings is 1. The second kappa shape index (κ2) is 6.40.